The summed E-state index contributed by atoms with van der Waals surface area (Å²) in [4.78, 5) is 0. The van der Waals surface area contributed by atoms with Gasteiger partial charge in [-0.1, -0.05) is 140 Å². The van der Waals surface area contributed by atoms with Gasteiger partial charge >= 0.3 is 0 Å². The van der Waals surface area contributed by atoms with Crippen LogP contribution in [0.15, 0.2) is 195 Å². The number of benzene rings is 8. The zero-order valence-electron chi connectivity index (χ0n) is 30.5. The van der Waals surface area contributed by atoms with E-state index < -0.39 is 0 Å². The van der Waals surface area contributed by atoms with Crippen LogP contribution in [-0.4, -0.2) is 9.13 Å². The van der Waals surface area contributed by atoms with Gasteiger partial charge in [0.2, 0.25) is 0 Å². The lowest BCUT2D eigenvalue weighted by molar-refractivity contribution is 1.16. The number of fused-ring (bicyclic) bond motifs is 6. The lowest BCUT2D eigenvalue weighted by Gasteiger charge is -2.17. The largest absolute Gasteiger partial charge is 0.309 e. The van der Waals surface area contributed by atoms with E-state index in [9.17, 15) is 0 Å². The van der Waals surface area contributed by atoms with Gasteiger partial charge in [0, 0.05) is 32.9 Å². The van der Waals surface area contributed by atoms with Crippen LogP contribution in [0.1, 0.15) is 29.2 Å². The van der Waals surface area contributed by atoms with Crippen molar-refractivity contribution in [3.05, 3.63) is 217 Å². The number of nitrogens with zero attached hydrogens (tertiary/aromatic N) is 2. The van der Waals surface area contributed by atoms with E-state index in [0.717, 1.165) is 28.1 Å². The smallest absolute Gasteiger partial charge is 0.0542 e. The van der Waals surface area contributed by atoms with Gasteiger partial charge in [-0.25, -0.2) is 0 Å². The molecule has 10 aromatic rings. The predicted octanol–water partition coefficient (Wildman–Crippen LogP) is 14.1. The molecule has 0 fully saturated rings. The summed E-state index contributed by atoms with van der Waals surface area (Å²) in [5.74, 6) is 0. The third kappa shape index (κ3) is 4.75. The number of para-hydroxylation sites is 3. The molecule has 0 radical (unpaired) electrons. The maximum atomic E-state index is 4.60. The van der Waals surface area contributed by atoms with Gasteiger partial charge in [0.05, 0.1) is 22.1 Å². The fraction of sp³-hybridized carbons (Fsp3) is 0.0189. The molecule has 0 saturated carbocycles. The Balaban J connectivity index is 1.12. The summed E-state index contributed by atoms with van der Waals surface area (Å²) in [5, 5.41) is 7.59. The van der Waals surface area contributed by atoms with E-state index in [1.165, 1.54) is 82.2 Å². The molecule has 2 heteroatoms. The van der Waals surface area contributed by atoms with Crippen LogP contribution in [0.5, 0.6) is 0 Å². The van der Waals surface area contributed by atoms with Gasteiger partial charge in [0.25, 0.3) is 0 Å². The highest BCUT2D eigenvalue weighted by Crippen LogP contribution is 2.48. The summed E-state index contributed by atoms with van der Waals surface area (Å²) in [6.07, 6.45) is 2.29. The third-order valence-electron chi connectivity index (χ3n) is 11.6. The Kier molecular flexibility index (Phi) is 6.96. The van der Waals surface area contributed by atoms with Crippen molar-refractivity contribution < 1.29 is 0 Å². The number of rotatable bonds is 6. The number of aromatic nitrogens is 2. The van der Waals surface area contributed by atoms with Crippen LogP contribution in [0.4, 0.5) is 0 Å². The molecule has 2 aromatic heterocycles. The summed E-state index contributed by atoms with van der Waals surface area (Å²) in [6, 6.07) is 66.1. The van der Waals surface area contributed by atoms with Crippen molar-refractivity contribution >= 4 is 76.7 Å². The highest BCUT2D eigenvalue weighted by Gasteiger charge is 2.25. The van der Waals surface area contributed by atoms with Crippen molar-refractivity contribution in [2.75, 3.05) is 0 Å². The first-order valence-corrected chi connectivity index (χ1v) is 19.0. The minimum atomic E-state index is 0.985. The summed E-state index contributed by atoms with van der Waals surface area (Å²) in [5.41, 5.74) is 16.6. The minimum Gasteiger partial charge on any atom is -0.309 e. The van der Waals surface area contributed by atoms with Crippen LogP contribution in [-0.2, 0) is 0 Å². The summed E-state index contributed by atoms with van der Waals surface area (Å²) < 4.78 is 4.84. The highest BCUT2D eigenvalue weighted by molar-refractivity contribution is 6.26. The topological polar surface area (TPSA) is 9.86 Å². The Labute approximate surface area is 319 Å². The molecule has 8 aromatic carbocycles. The molecule has 0 unspecified atom stereocenters. The summed E-state index contributed by atoms with van der Waals surface area (Å²) >= 11 is 0. The van der Waals surface area contributed by atoms with Crippen LogP contribution < -0.4 is 0 Å². The Morgan fingerprint density at radius 3 is 1.65 bits per heavy atom. The molecular formula is C53H36N2. The molecular weight excluding hydrogens is 665 g/mol. The lowest BCUT2D eigenvalue weighted by Crippen LogP contribution is -1.98. The molecule has 1 aliphatic carbocycles. The summed E-state index contributed by atoms with van der Waals surface area (Å²) in [7, 11) is 0. The quantitative estimate of drug-likeness (QED) is 0.153. The average molecular weight is 701 g/mol. The second kappa shape index (κ2) is 12.2. The Bertz CT molecular complexity index is 3220. The van der Waals surface area contributed by atoms with E-state index in [4.69, 9.17) is 0 Å². The first-order valence-electron chi connectivity index (χ1n) is 19.0. The zero-order chi connectivity index (χ0) is 36.6. The Morgan fingerprint density at radius 1 is 0.455 bits per heavy atom. The van der Waals surface area contributed by atoms with Crippen molar-refractivity contribution in [2.24, 2.45) is 0 Å². The molecule has 11 rings (SSSR count). The fourth-order valence-electron chi connectivity index (χ4n) is 9.15. The molecule has 2 nitrogen and oxygen atoms in total. The van der Waals surface area contributed by atoms with E-state index >= 15 is 0 Å². The van der Waals surface area contributed by atoms with Gasteiger partial charge in [-0.2, -0.15) is 0 Å². The maximum absolute atomic E-state index is 4.60. The molecule has 0 atom stereocenters. The molecule has 0 saturated heterocycles. The van der Waals surface area contributed by atoms with E-state index in [0.29, 0.717) is 0 Å². The van der Waals surface area contributed by atoms with Crippen molar-refractivity contribution in [3.8, 4) is 11.4 Å². The van der Waals surface area contributed by atoms with Gasteiger partial charge in [-0.05, 0) is 117 Å². The molecule has 55 heavy (non-hydrogen) atoms. The van der Waals surface area contributed by atoms with E-state index in [1.807, 2.05) is 0 Å². The molecule has 0 aliphatic heterocycles. The van der Waals surface area contributed by atoms with Crippen LogP contribution in [0, 0.1) is 0 Å². The molecule has 1 aliphatic rings. The predicted molar refractivity (Wildman–Crippen MR) is 235 cm³/mol. The first-order chi connectivity index (χ1) is 27.1. The van der Waals surface area contributed by atoms with Crippen molar-refractivity contribution in [2.45, 2.75) is 6.92 Å². The fourth-order valence-corrected chi connectivity index (χ4v) is 9.15. The second-order valence-electron chi connectivity index (χ2n) is 14.6. The van der Waals surface area contributed by atoms with Gasteiger partial charge in [-0.3, -0.25) is 0 Å². The van der Waals surface area contributed by atoms with Crippen molar-refractivity contribution in [3.63, 3.8) is 0 Å². The highest BCUT2D eigenvalue weighted by atomic mass is 15.0. The molecule has 0 N–H and O–H groups in total. The van der Waals surface area contributed by atoms with Gasteiger partial charge < -0.3 is 9.13 Å². The first kappa shape index (κ1) is 31.4. The molecule has 258 valence electrons. The molecule has 0 amide bonds. The normalized spacial score (nSPS) is 12.9. The van der Waals surface area contributed by atoms with Crippen molar-refractivity contribution in [1.29, 1.82) is 0 Å². The second-order valence-corrected chi connectivity index (χ2v) is 14.6. The maximum Gasteiger partial charge on any atom is 0.0542 e. The third-order valence-corrected chi connectivity index (χ3v) is 11.6. The van der Waals surface area contributed by atoms with Crippen LogP contribution in [0.3, 0.4) is 0 Å². The van der Waals surface area contributed by atoms with Crippen LogP contribution >= 0.6 is 0 Å². The van der Waals surface area contributed by atoms with Gasteiger partial charge in [-0.15, -0.1) is 0 Å². The number of hydrogen-bond acceptors (Lipinski definition) is 0. The molecule has 0 spiro atoms. The number of allylic oxidation sites excluding steroid dienone is 5. The summed E-state index contributed by atoms with van der Waals surface area (Å²) in [6.45, 7) is 6.87. The SMILES string of the molecule is C=C(/C=C(\C1=C(C)c2cccc3cccc1c23)c1cccc(-n2c3ccccc3c3cc(-n4c5ccccc5c5ccccc54)ccc32)c1)c1ccccc1. The van der Waals surface area contributed by atoms with E-state index in [2.05, 4.69) is 211 Å². The van der Waals surface area contributed by atoms with Crippen LogP contribution in [0.25, 0.3) is 88.1 Å². The molecule has 0 bridgehead atoms. The zero-order valence-corrected chi connectivity index (χ0v) is 30.5. The van der Waals surface area contributed by atoms with Gasteiger partial charge in [0.15, 0.2) is 0 Å². The van der Waals surface area contributed by atoms with E-state index in [1.54, 1.807) is 0 Å². The van der Waals surface area contributed by atoms with Crippen LogP contribution in [0.2, 0.25) is 0 Å². The standard InChI is InChI=1S/C53H36N2/c1-34(36-15-4-3-5-16-36)31-46(52-35(2)41-24-13-17-37-18-14-25-45(52)53(37)41)38-19-12-20-39(32-38)54-50-28-11-8-23-44(50)47-33-40(29-30-51(47)54)55-48-26-9-6-21-42(48)43-22-7-10-27-49(43)55/h3-33H,1H2,2H3/b46-31-. The minimum absolute atomic E-state index is 0.985. The lowest BCUT2D eigenvalue weighted by atomic mass is 9.89. The number of hydrogen-bond donors (Lipinski definition) is 0. The molecule has 2 heterocycles. The Hall–Kier alpha value is -7.16. The Morgan fingerprint density at radius 2 is 0.982 bits per heavy atom. The van der Waals surface area contributed by atoms with Crippen molar-refractivity contribution in [1.82, 2.24) is 9.13 Å². The average Bonchev–Trinajstić information content (AvgIpc) is 3.86. The van der Waals surface area contributed by atoms with Gasteiger partial charge in [0.1, 0.15) is 0 Å². The monoisotopic (exact) mass is 700 g/mol. The van der Waals surface area contributed by atoms with E-state index in [-0.39, 0.29) is 0 Å².